The van der Waals surface area contributed by atoms with E-state index in [0.29, 0.717) is 0 Å². The minimum Gasteiger partial charge on any atom is -0.305 e. The van der Waals surface area contributed by atoms with Crippen molar-refractivity contribution in [1.29, 1.82) is 0 Å². The van der Waals surface area contributed by atoms with Gasteiger partial charge in [-0.1, -0.05) is 113 Å². The zero-order valence-electron chi connectivity index (χ0n) is 40.3. The molecule has 0 saturated carbocycles. The second-order valence-corrected chi connectivity index (χ2v) is 20.1. The normalized spacial score (nSPS) is 11.6. The fraction of sp³-hybridized carbons (Fsp3) is 0.267. The zero-order chi connectivity index (χ0) is 46.0. The molecule has 5 aromatic carbocycles. The second-order valence-electron chi connectivity index (χ2n) is 20.1. The third-order valence-corrected chi connectivity index (χ3v) is 11.6. The number of benzene rings is 5. The van der Waals surface area contributed by atoms with Crippen LogP contribution in [0.1, 0.15) is 102 Å². The minimum atomic E-state index is 0. The number of aryl methyl sites for hydroxylation is 4. The van der Waals surface area contributed by atoms with Gasteiger partial charge in [-0.05, 0) is 109 Å². The monoisotopic (exact) mass is 1030 g/mol. The first kappa shape index (κ1) is 48.6. The average Bonchev–Trinajstić information content (AvgIpc) is 3.25. The van der Waals surface area contributed by atoms with Gasteiger partial charge in [0.25, 0.3) is 0 Å². The maximum atomic E-state index is 4.66. The molecule has 5 heteroatoms. The molecule has 330 valence electrons. The summed E-state index contributed by atoms with van der Waals surface area (Å²) in [6.07, 6.45) is 5.67. The fourth-order valence-electron chi connectivity index (χ4n) is 8.08. The molecule has 0 N–H and O–H groups in total. The largest absolute Gasteiger partial charge is 3.00 e. The molecule has 4 nitrogen and oxygen atoms in total. The van der Waals surface area contributed by atoms with Crippen LogP contribution in [0.15, 0.2) is 134 Å². The van der Waals surface area contributed by atoms with Crippen LogP contribution in [0, 0.1) is 45.9 Å². The number of pyridine rings is 4. The predicted octanol–water partition coefficient (Wildman–Crippen LogP) is 15.6. The quantitative estimate of drug-likeness (QED) is 0.131. The Balaban J connectivity index is 0.000000164. The van der Waals surface area contributed by atoms with Gasteiger partial charge >= 0.3 is 20.1 Å². The fourth-order valence-corrected chi connectivity index (χ4v) is 8.08. The molecule has 0 aliphatic heterocycles. The Labute approximate surface area is 401 Å². The molecular weight excluding hydrogens is 969 g/mol. The van der Waals surface area contributed by atoms with Gasteiger partial charge < -0.3 is 15.0 Å². The van der Waals surface area contributed by atoms with Crippen molar-refractivity contribution < 1.29 is 20.1 Å². The van der Waals surface area contributed by atoms with Crippen LogP contribution in [-0.2, 0) is 36.4 Å². The van der Waals surface area contributed by atoms with E-state index in [4.69, 9.17) is 0 Å². The summed E-state index contributed by atoms with van der Waals surface area (Å²) < 4.78 is 0. The van der Waals surface area contributed by atoms with Crippen molar-refractivity contribution >= 4 is 32.3 Å². The molecule has 0 aliphatic rings. The van der Waals surface area contributed by atoms with E-state index in [-0.39, 0.29) is 36.4 Å². The maximum Gasteiger partial charge on any atom is 3.00 e. The van der Waals surface area contributed by atoms with Crippen molar-refractivity contribution in [2.45, 2.75) is 106 Å². The van der Waals surface area contributed by atoms with Crippen LogP contribution in [0.4, 0.5) is 0 Å². The molecule has 0 amide bonds. The van der Waals surface area contributed by atoms with Gasteiger partial charge in [0.1, 0.15) is 0 Å². The molecular formula is C60H61IrN4. The van der Waals surface area contributed by atoms with E-state index in [9.17, 15) is 0 Å². The summed E-state index contributed by atoms with van der Waals surface area (Å²) in [7, 11) is 0. The summed E-state index contributed by atoms with van der Waals surface area (Å²) in [6, 6.07) is 50.3. The molecule has 9 aromatic rings. The van der Waals surface area contributed by atoms with Crippen molar-refractivity contribution in [2.75, 3.05) is 0 Å². The van der Waals surface area contributed by atoms with E-state index >= 15 is 0 Å². The van der Waals surface area contributed by atoms with E-state index in [1.54, 1.807) is 0 Å². The van der Waals surface area contributed by atoms with Crippen LogP contribution in [0.3, 0.4) is 0 Å². The second kappa shape index (κ2) is 19.7. The summed E-state index contributed by atoms with van der Waals surface area (Å²) in [5.74, 6) is 0. The van der Waals surface area contributed by atoms with Gasteiger partial charge in [0.05, 0.1) is 0 Å². The van der Waals surface area contributed by atoms with Crippen molar-refractivity contribution in [1.82, 2.24) is 19.9 Å². The van der Waals surface area contributed by atoms with Gasteiger partial charge in [-0.3, -0.25) is 4.98 Å². The number of hydrogen-bond acceptors (Lipinski definition) is 4. The van der Waals surface area contributed by atoms with Gasteiger partial charge in [-0.2, -0.15) is 0 Å². The van der Waals surface area contributed by atoms with Gasteiger partial charge in [0, 0.05) is 35.4 Å². The SMILES string of the molecule is CC(C)(C)c1cc[c-]c(-c2nccc3cc(C(C)(C)C)ccc23)c1.CC(C)(C)c1ccnc(-c2[c-]cccc2)c1.Cc1[c-]c(-c2nccc3c2ccc2c(C)nc(C)cc23)cc(C)c1.[Ir+3]. The molecule has 0 bridgehead atoms. The first-order valence-corrected chi connectivity index (χ1v) is 22.3. The molecule has 9 rings (SSSR count). The maximum absolute atomic E-state index is 4.66. The summed E-state index contributed by atoms with van der Waals surface area (Å²) in [6.45, 7) is 28.4. The molecule has 0 radical (unpaired) electrons. The van der Waals surface area contributed by atoms with E-state index < -0.39 is 0 Å². The Kier molecular flexibility index (Phi) is 14.7. The van der Waals surface area contributed by atoms with Crippen molar-refractivity contribution in [2.24, 2.45) is 0 Å². The van der Waals surface area contributed by atoms with Crippen LogP contribution in [0.5, 0.6) is 0 Å². The number of rotatable bonds is 3. The summed E-state index contributed by atoms with van der Waals surface area (Å²) in [5.41, 5.74) is 15.0. The number of hydrogen-bond donors (Lipinski definition) is 0. The molecule has 0 saturated heterocycles. The predicted molar refractivity (Wildman–Crippen MR) is 271 cm³/mol. The molecule has 0 atom stereocenters. The van der Waals surface area contributed by atoms with Crippen LogP contribution < -0.4 is 0 Å². The van der Waals surface area contributed by atoms with E-state index in [1.165, 1.54) is 49.2 Å². The van der Waals surface area contributed by atoms with Crippen LogP contribution in [0.2, 0.25) is 0 Å². The summed E-state index contributed by atoms with van der Waals surface area (Å²) >= 11 is 0. The molecule has 0 unspecified atom stereocenters. The van der Waals surface area contributed by atoms with E-state index in [0.717, 1.165) is 56.1 Å². The Morgan fingerprint density at radius 2 is 1.06 bits per heavy atom. The third kappa shape index (κ3) is 11.5. The number of fused-ring (bicyclic) bond motifs is 4. The van der Waals surface area contributed by atoms with Gasteiger partial charge in [0.15, 0.2) is 0 Å². The third-order valence-electron chi connectivity index (χ3n) is 11.6. The number of nitrogens with zero attached hydrogens (tertiary/aromatic N) is 4. The standard InChI is InChI=1S/C23H26N.C22H19N2.C15H16N.Ir/c1-22(2,3)18-9-7-8-17(15-18)21-20-11-10-19(23(4,5)6)14-16(20)12-13-24-21;1-13-9-14(2)11-17(10-13)22-20-6-5-18-16(4)24-15(3)12-21(18)19(20)7-8-23-22;1-15(2,3)13-9-10-16-14(11-13)12-7-5-4-6-8-12;/h7,9-15H,1-6H3;5-10,12H,1-4H3;4-7,9-11H,1-3H3;/q3*-1;+3. The molecule has 0 aliphatic carbocycles. The van der Waals surface area contributed by atoms with E-state index in [2.05, 4.69) is 206 Å². The zero-order valence-corrected chi connectivity index (χ0v) is 42.7. The van der Waals surface area contributed by atoms with Crippen molar-refractivity contribution in [3.05, 3.63) is 191 Å². The smallest absolute Gasteiger partial charge is 0.305 e. The number of aromatic nitrogens is 4. The molecule has 4 heterocycles. The van der Waals surface area contributed by atoms with Crippen molar-refractivity contribution in [3.63, 3.8) is 0 Å². The molecule has 4 aromatic heterocycles. The Morgan fingerprint density at radius 1 is 0.446 bits per heavy atom. The van der Waals surface area contributed by atoms with Crippen LogP contribution in [0.25, 0.3) is 66.1 Å². The molecule has 65 heavy (non-hydrogen) atoms. The van der Waals surface area contributed by atoms with Crippen molar-refractivity contribution in [3.8, 4) is 33.8 Å². The average molecular weight is 1030 g/mol. The molecule has 0 fully saturated rings. The Morgan fingerprint density at radius 3 is 1.74 bits per heavy atom. The topological polar surface area (TPSA) is 51.6 Å². The molecule has 0 spiro atoms. The summed E-state index contributed by atoms with van der Waals surface area (Å²) in [4.78, 5) is 18.3. The minimum absolute atomic E-state index is 0. The first-order chi connectivity index (χ1) is 30.3. The van der Waals surface area contributed by atoms with Gasteiger partial charge in [-0.15, -0.1) is 106 Å². The van der Waals surface area contributed by atoms with Gasteiger partial charge in [-0.25, -0.2) is 0 Å². The first-order valence-electron chi connectivity index (χ1n) is 22.3. The van der Waals surface area contributed by atoms with Gasteiger partial charge in [0.2, 0.25) is 0 Å². The Hall–Kier alpha value is -5.87. The van der Waals surface area contributed by atoms with E-state index in [1.807, 2.05) is 55.8 Å². The van der Waals surface area contributed by atoms with Crippen LogP contribution in [-0.4, -0.2) is 19.9 Å². The van der Waals surface area contributed by atoms with Crippen LogP contribution >= 0.6 is 0 Å². The Bertz CT molecular complexity index is 3070. The summed E-state index contributed by atoms with van der Waals surface area (Å²) in [5, 5.41) is 7.25.